The van der Waals surface area contributed by atoms with Crippen molar-refractivity contribution in [3.63, 3.8) is 0 Å². The smallest absolute Gasteiger partial charge is 0.379 e. The molecule has 1 aliphatic heterocycles. The molecule has 0 aromatic carbocycles. The fourth-order valence-electron chi connectivity index (χ4n) is 2.29. The average molecular weight is 353 g/mol. The van der Waals surface area contributed by atoms with E-state index in [-0.39, 0.29) is 12.4 Å². The first-order valence-corrected chi connectivity index (χ1v) is 10.0. The molecule has 138 valence electrons. The Morgan fingerprint density at radius 2 is 1.74 bits per heavy atom. The largest absolute Gasteiger partial charge is 0.500 e. The van der Waals surface area contributed by atoms with Crippen molar-refractivity contribution in [3.05, 3.63) is 0 Å². The highest BCUT2D eigenvalue weighted by molar-refractivity contribution is 6.60. The van der Waals surface area contributed by atoms with Crippen molar-refractivity contribution in [1.82, 2.24) is 0 Å². The molecule has 1 heterocycles. The van der Waals surface area contributed by atoms with Gasteiger partial charge in [-0.25, -0.2) is 0 Å². The first-order valence-electron chi connectivity index (χ1n) is 8.12. The van der Waals surface area contributed by atoms with Crippen LogP contribution in [0.4, 0.5) is 0 Å². The molecule has 0 amide bonds. The van der Waals surface area contributed by atoms with Crippen molar-refractivity contribution < 1.29 is 32.2 Å². The molecular weight excluding hydrogens is 320 g/mol. The SMILES string of the molecule is COC(CC[Si](OC)(OC)OC(C)CCCOCC1CO1)OC. The molecule has 0 aliphatic carbocycles. The van der Waals surface area contributed by atoms with E-state index in [4.69, 9.17) is 32.2 Å². The van der Waals surface area contributed by atoms with Gasteiger partial charge in [0.25, 0.3) is 0 Å². The number of ether oxygens (including phenoxy) is 4. The molecule has 2 atom stereocenters. The maximum atomic E-state index is 6.12. The summed E-state index contributed by atoms with van der Waals surface area (Å²) in [6.07, 6.45) is 2.59. The Kier molecular flexibility index (Phi) is 10.5. The summed E-state index contributed by atoms with van der Waals surface area (Å²) in [4.78, 5) is 0. The Morgan fingerprint density at radius 3 is 2.26 bits per heavy atom. The third-order valence-corrected chi connectivity index (χ3v) is 6.73. The molecule has 0 radical (unpaired) electrons. The van der Waals surface area contributed by atoms with Crippen molar-refractivity contribution in [2.24, 2.45) is 0 Å². The Balaban J connectivity index is 2.27. The fraction of sp³-hybridized carbons (Fsp3) is 1.00. The molecule has 1 fully saturated rings. The summed E-state index contributed by atoms with van der Waals surface area (Å²) >= 11 is 0. The van der Waals surface area contributed by atoms with Crippen LogP contribution in [0.5, 0.6) is 0 Å². The van der Waals surface area contributed by atoms with Gasteiger partial charge in [0.15, 0.2) is 6.29 Å². The van der Waals surface area contributed by atoms with Gasteiger partial charge in [-0.05, 0) is 19.8 Å². The van der Waals surface area contributed by atoms with E-state index in [1.54, 1.807) is 28.4 Å². The average Bonchev–Trinajstić information content (AvgIpc) is 3.38. The van der Waals surface area contributed by atoms with Crippen LogP contribution < -0.4 is 0 Å². The summed E-state index contributed by atoms with van der Waals surface area (Å²) in [7, 11) is 3.81. The van der Waals surface area contributed by atoms with Crippen molar-refractivity contribution in [2.45, 2.75) is 50.7 Å². The van der Waals surface area contributed by atoms with Gasteiger partial charge in [-0.15, -0.1) is 0 Å². The summed E-state index contributed by atoms with van der Waals surface area (Å²) in [5, 5.41) is 0. The molecule has 2 unspecified atom stereocenters. The normalized spacial score (nSPS) is 19.3. The van der Waals surface area contributed by atoms with Crippen LogP contribution in [0, 0.1) is 0 Å². The van der Waals surface area contributed by atoms with E-state index in [0.29, 0.717) is 25.2 Å². The van der Waals surface area contributed by atoms with Gasteiger partial charge >= 0.3 is 8.80 Å². The number of methoxy groups -OCH3 is 2. The highest BCUT2D eigenvalue weighted by atomic mass is 28.4. The second-order valence-corrected chi connectivity index (χ2v) is 8.55. The van der Waals surface area contributed by atoms with Crippen molar-refractivity contribution in [2.75, 3.05) is 48.3 Å². The second-order valence-electron chi connectivity index (χ2n) is 5.63. The van der Waals surface area contributed by atoms with Crippen LogP contribution in [-0.4, -0.2) is 75.6 Å². The van der Waals surface area contributed by atoms with Gasteiger partial charge in [-0.3, -0.25) is 0 Å². The van der Waals surface area contributed by atoms with Crippen LogP contribution in [0.15, 0.2) is 0 Å². The Labute approximate surface area is 140 Å². The molecule has 1 rings (SSSR count). The van der Waals surface area contributed by atoms with E-state index in [9.17, 15) is 0 Å². The lowest BCUT2D eigenvalue weighted by Crippen LogP contribution is -2.47. The van der Waals surface area contributed by atoms with Gasteiger partial charge in [0.05, 0.1) is 13.2 Å². The number of hydrogen-bond donors (Lipinski definition) is 0. The minimum atomic E-state index is -2.70. The van der Waals surface area contributed by atoms with Crippen molar-refractivity contribution >= 4 is 8.80 Å². The zero-order chi connectivity index (χ0) is 17.1. The van der Waals surface area contributed by atoms with Gasteiger partial charge in [-0.1, -0.05) is 0 Å². The third-order valence-electron chi connectivity index (χ3n) is 3.82. The number of rotatable bonds is 15. The van der Waals surface area contributed by atoms with Crippen LogP contribution in [0.2, 0.25) is 6.04 Å². The lowest BCUT2D eigenvalue weighted by atomic mass is 10.2. The molecule has 23 heavy (non-hydrogen) atoms. The standard InChI is InChI=1S/C15H32O7Si/c1-13(7-6-9-20-11-14-12-21-14)22-23(18-4,19-5)10-8-15(16-2)17-3/h13-15H,6-12H2,1-5H3. The summed E-state index contributed by atoms with van der Waals surface area (Å²) in [6, 6.07) is 0.645. The summed E-state index contributed by atoms with van der Waals surface area (Å²) in [5.74, 6) is 0. The minimum absolute atomic E-state index is 0.0471. The van der Waals surface area contributed by atoms with Crippen LogP contribution in [0.3, 0.4) is 0 Å². The van der Waals surface area contributed by atoms with Gasteiger partial charge in [0.1, 0.15) is 6.10 Å². The van der Waals surface area contributed by atoms with Crippen LogP contribution in [0.25, 0.3) is 0 Å². The first kappa shape index (κ1) is 21.0. The maximum Gasteiger partial charge on any atom is 0.500 e. The highest BCUT2D eigenvalue weighted by Crippen LogP contribution is 2.22. The minimum Gasteiger partial charge on any atom is -0.379 e. The zero-order valence-corrected chi connectivity index (χ0v) is 16.0. The third kappa shape index (κ3) is 8.55. The Bertz CT molecular complexity index is 294. The second kappa shape index (κ2) is 11.5. The lowest BCUT2D eigenvalue weighted by molar-refractivity contribution is -0.105. The van der Waals surface area contributed by atoms with Gasteiger partial charge in [0.2, 0.25) is 0 Å². The Hall–Kier alpha value is -0.0631. The monoisotopic (exact) mass is 352 g/mol. The molecule has 0 N–H and O–H groups in total. The number of hydrogen-bond acceptors (Lipinski definition) is 7. The molecule has 0 bridgehead atoms. The molecule has 0 saturated carbocycles. The fourth-order valence-corrected chi connectivity index (χ4v) is 4.49. The summed E-state index contributed by atoms with van der Waals surface area (Å²) in [5.41, 5.74) is 0. The zero-order valence-electron chi connectivity index (χ0n) is 15.0. The van der Waals surface area contributed by atoms with Crippen LogP contribution >= 0.6 is 0 Å². The molecule has 0 spiro atoms. The molecule has 0 aromatic heterocycles. The van der Waals surface area contributed by atoms with Gasteiger partial charge in [-0.2, -0.15) is 0 Å². The molecule has 0 aromatic rings. The van der Waals surface area contributed by atoms with Crippen LogP contribution in [-0.2, 0) is 32.2 Å². The van der Waals surface area contributed by atoms with E-state index >= 15 is 0 Å². The van der Waals surface area contributed by atoms with Crippen molar-refractivity contribution in [1.29, 1.82) is 0 Å². The van der Waals surface area contributed by atoms with Crippen LogP contribution in [0.1, 0.15) is 26.2 Å². The van der Waals surface area contributed by atoms with E-state index < -0.39 is 8.80 Å². The predicted octanol–water partition coefficient (Wildman–Crippen LogP) is 1.83. The summed E-state index contributed by atoms with van der Waals surface area (Å²) < 4.78 is 38.4. The summed E-state index contributed by atoms with van der Waals surface area (Å²) in [6.45, 7) is 4.28. The molecule has 8 heteroatoms. The first-order chi connectivity index (χ1) is 11.1. The highest BCUT2D eigenvalue weighted by Gasteiger charge is 2.41. The molecular formula is C15H32O7Si. The Morgan fingerprint density at radius 1 is 1.09 bits per heavy atom. The lowest BCUT2D eigenvalue weighted by Gasteiger charge is -2.30. The topological polar surface area (TPSA) is 67.9 Å². The number of epoxide rings is 1. The maximum absolute atomic E-state index is 6.12. The predicted molar refractivity (Wildman–Crippen MR) is 87.3 cm³/mol. The van der Waals surface area contributed by atoms with E-state index in [2.05, 4.69) is 0 Å². The van der Waals surface area contributed by atoms with Crippen molar-refractivity contribution in [3.8, 4) is 0 Å². The van der Waals surface area contributed by atoms with Gasteiger partial charge < -0.3 is 32.2 Å². The van der Waals surface area contributed by atoms with E-state index in [1.165, 1.54) is 0 Å². The van der Waals surface area contributed by atoms with E-state index in [0.717, 1.165) is 26.1 Å². The van der Waals surface area contributed by atoms with E-state index in [1.807, 2.05) is 6.92 Å². The quantitative estimate of drug-likeness (QED) is 0.193. The molecule has 1 aliphatic rings. The molecule has 7 nitrogen and oxygen atoms in total. The molecule has 1 saturated heterocycles. The van der Waals surface area contributed by atoms with Gasteiger partial charge in [0, 0.05) is 53.6 Å².